The van der Waals surface area contributed by atoms with E-state index in [4.69, 9.17) is 0 Å². The highest BCUT2D eigenvalue weighted by atomic mass is 16.3. The van der Waals surface area contributed by atoms with E-state index in [0.29, 0.717) is 12.0 Å². The summed E-state index contributed by atoms with van der Waals surface area (Å²) in [5, 5.41) is 13.8. The molecular weight excluding hydrogens is 212 g/mol. The lowest BCUT2D eigenvalue weighted by atomic mass is 9.91. The zero-order valence-electron chi connectivity index (χ0n) is 11.6. The lowest BCUT2D eigenvalue weighted by Gasteiger charge is -2.37. The van der Waals surface area contributed by atoms with Crippen LogP contribution >= 0.6 is 0 Å². The normalized spacial score (nSPS) is 33.7. The van der Waals surface area contributed by atoms with Gasteiger partial charge in [0.25, 0.3) is 0 Å². The number of piperidine rings is 1. The van der Waals surface area contributed by atoms with Gasteiger partial charge in [-0.2, -0.15) is 0 Å². The molecule has 0 bridgehead atoms. The van der Waals surface area contributed by atoms with Gasteiger partial charge in [0.05, 0.1) is 5.60 Å². The average Bonchev–Trinajstić information content (AvgIpc) is 2.73. The molecule has 2 N–H and O–H groups in total. The van der Waals surface area contributed by atoms with Crippen molar-refractivity contribution in [2.75, 3.05) is 19.6 Å². The molecule has 0 aromatic heterocycles. The molecule has 2 aliphatic heterocycles. The van der Waals surface area contributed by atoms with Gasteiger partial charge in [-0.3, -0.25) is 0 Å². The SMILES string of the molecule is CC(C)C(C)(O)CNC1CCN2CCCC2C1. The van der Waals surface area contributed by atoms with Crippen LogP contribution in [0.3, 0.4) is 0 Å². The molecule has 3 unspecified atom stereocenters. The molecule has 2 saturated heterocycles. The number of fused-ring (bicyclic) bond motifs is 1. The molecule has 2 aliphatic rings. The van der Waals surface area contributed by atoms with Crippen LogP contribution in [-0.4, -0.2) is 47.3 Å². The molecule has 3 heteroatoms. The van der Waals surface area contributed by atoms with Crippen molar-refractivity contribution in [1.82, 2.24) is 10.2 Å². The Balaban J connectivity index is 1.77. The second kappa shape index (κ2) is 5.25. The number of hydrogen-bond donors (Lipinski definition) is 2. The molecule has 100 valence electrons. The van der Waals surface area contributed by atoms with Gasteiger partial charge in [0.15, 0.2) is 0 Å². The maximum atomic E-state index is 10.2. The first-order chi connectivity index (χ1) is 7.99. The predicted molar refractivity (Wildman–Crippen MR) is 71.1 cm³/mol. The Morgan fingerprint density at radius 3 is 2.82 bits per heavy atom. The first kappa shape index (κ1) is 13.3. The first-order valence-electron chi connectivity index (χ1n) is 7.19. The quantitative estimate of drug-likeness (QED) is 0.783. The maximum Gasteiger partial charge on any atom is 0.0766 e. The Bertz CT molecular complexity index is 253. The van der Waals surface area contributed by atoms with E-state index < -0.39 is 5.60 Å². The van der Waals surface area contributed by atoms with Crippen molar-refractivity contribution in [3.05, 3.63) is 0 Å². The molecule has 0 spiro atoms. The highest BCUT2D eigenvalue weighted by molar-refractivity contribution is 4.90. The first-order valence-corrected chi connectivity index (χ1v) is 7.19. The molecule has 0 saturated carbocycles. The molecule has 2 heterocycles. The summed E-state index contributed by atoms with van der Waals surface area (Å²) < 4.78 is 0. The van der Waals surface area contributed by atoms with Gasteiger partial charge in [-0.1, -0.05) is 13.8 Å². The fourth-order valence-corrected chi connectivity index (χ4v) is 2.96. The Kier molecular flexibility index (Phi) is 4.11. The summed E-state index contributed by atoms with van der Waals surface area (Å²) in [6.07, 6.45) is 5.26. The summed E-state index contributed by atoms with van der Waals surface area (Å²) in [4.78, 5) is 2.64. The smallest absolute Gasteiger partial charge is 0.0766 e. The van der Waals surface area contributed by atoms with Crippen LogP contribution in [0.5, 0.6) is 0 Å². The van der Waals surface area contributed by atoms with Gasteiger partial charge >= 0.3 is 0 Å². The molecule has 3 nitrogen and oxygen atoms in total. The Morgan fingerprint density at radius 2 is 2.12 bits per heavy atom. The number of nitrogens with zero attached hydrogens (tertiary/aromatic N) is 1. The van der Waals surface area contributed by atoms with E-state index in [0.717, 1.165) is 12.6 Å². The number of nitrogens with one attached hydrogen (secondary N) is 1. The lowest BCUT2D eigenvalue weighted by Crippen LogP contribution is -2.50. The highest BCUT2D eigenvalue weighted by Gasteiger charge is 2.33. The molecule has 0 aromatic rings. The van der Waals surface area contributed by atoms with E-state index in [1.165, 1.54) is 38.8 Å². The van der Waals surface area contributed by atoms with Crippen LogP contribution in [0.15, 0.2) is 0 Å². The van der Waals surface area contributed by atoms with Crippen LogP contribution in [-0.2, 0) is 0 Å². The van der Waals surface area contributed by atoms with Gasteiger partial charge < -0.3 is 15.3 Å². The van der Waals surface area contributed by atoms with E-state index >= 15 is 0 Å². The molecule has 0 radical (unpaired) electrons. The summed E-state index contributed by atoms with van der Waals surface area (Å²) in [5.41, 5.74) is -0.577. The molecule has 17 heavy (non-hydrogen) atoms. The summed E-state index contributed by atoms with van der Waals surface area (Å²) >= 11 is 0. The third-order valence-electron chi connectivity index (χ3n) is 4.81. The van der Waals surface area contributed by atoms with Crippen molar-refractivity contribution in [3.63, 3.8) is 0 Å². The zero-order chi connectivity index (χ0) is 12.5. The van der Waals surface area contributed by atoms with Crippen LogP contribution in [0.1, 0.15) is 46.5 Å². The van der Waals surface area contributed by atoms with Crippen LogP contribution < -0.4 is 5.32 Å². The van der Waals surface area contributed by atoms with Gasteiger partial charge in [-0.15, -0.1) is 0 Å². The van der Waals surface area contributed by atoms with Crippen molar-refractivity contribution in [2.24, 2.45) is 5.92 Å². The van der Waals surface area contributed by atoms with Gasteiger partial charge in [0, 0.05) is 18.6 Å². The Morgan fingerprint density at radius 1 is 1.35 bits per heavy atom. The van der Waals surface area contributed by atoms with E-state index in [-0.39, 0.29) is 0 Å². The van der Waals surface area contributed by atoms with Gasteiger partial charge in [-0.25, -0.2) is 0 Å². The number of aliphatic hydroxyl groups is 1. The topological polar surface area (TPSA) is 35.5 Å². The zero-order valence-corrected chi connectivity index (χ0v) is 11.6. The Hall–Kier alpha value is -0.120. The average molecular weight is 240 g/mol. The van der Waals surface area contributed by atoms with E-state index in [2.05, 4.69) is 24.1 Å². The third-order valence-corrected chi connectivity index (χ3v) is 4.81. The molecule has 2 fully saturated rings. The fourth-order valence-electron chi connectivity index (χ4n) is 2.96. The fraction of sp³-hybridized carbons (Fsp3) is 1.00. The summed E-state index contributed by atoms with van der Waals surface area (Å²) in [6, 6.07) is 1.42. The minimum atomic E-state index is -0.577. The molecule has 0 aromatic carbocycles. The minimum Gasteiger partial charge on any atom is -0.389 e. The lowest BCUT2D eigenvalue weighted by molar-refractivity contribution is 0.00875. The maximum absolute atomic E-state index is 10.2. The van der Waals surface area contributed by atoms with E-state index in [9.17, 15) is 5.11 Å². The monoisotopic (exact) mass is 240 g/mol. The predicted octanol–water partition coefficient (Wildman–Crippen LogP) is 1.61. The largest absolute Gasteiger partial charge is 0.389 e. The molecule has 0 aliphatic carbocycles. The third kappa shape index (κ3) is 3.21. The van der Waals surface area contributed by atoms with Crippen LogP contribution in [0.2, 0.25) is 0 Å². The highest BCUT2D eigenvalue weighted by Crippen LogP contribution is 2.27. The molecular formula is C14H28N2O. The van der Waals surface area contributed by atoms with Crippen molar-refractivity contribution >= 4 is 0 Å². The van der Waals surface area contributed by atoms with Crippen molar-refractivity contribution in [1.29, 1.82) is 0 Å². The molecule has 3 atom stereocenters. The van der Waals surface area contributed by atoms with Crippen LogP contribution in [0, 0.1) is 5.92 Å². The molecule has 0 amide bonds. The summed E-state index contributed by atoms with van der Waals surface area (Å²) in [6.45, 7) is 9.38. The minimum absolute atomic E-state index is 0.307. The summed E-state index contributed by atoms with van der Waals surface area (Å²) in [5.74, 6) is 0.307. The van der Waals surface area contributed by atoms with Gasteiger partial charge in [0.1, 0.15) is 0 Å². The Labute approximate surface area is 106 Å². The van der Waals surface area contributed by atoms with Crippen molar-refractivity contribution in [2.45, 2.75) is 64.1 Å². The second-order valence-corrected chi connectivity index (χ2v) is 6.45. The van der Waals surface area contributed by atoms with E-state index in [1.807, 2.05) is 6.92 Å². The van der Waals surface area contributed by atoms with Crippen molar-refractivity contribution in [3.8, 4) is 0 Å². The van der Waals surface area contributed by atoms with E-state index in [1.54, 1.807) is 0 Å². The van der Waals surface area contributed by atoms with Crippen LogP contribution in [0.25, 0.3) is 0 Å². The van der Waals surface area contributed by atoms with Gasteiger partial charge in [-0.05, 0) is 51.6 Å². The second-order valence-electron chi connectivity index (χ2n) is 6.45. The number of rotatable bonds is 4. The van der Waals surface area contributed by atoms with Gasteiger partial charge in [0.2, 0.25) is 0 Å². The van der Waals surface area contributed by atoms with Crippen LogP contribution in [0.4, 0.5) is 0 Å². The number of hydrogen-bond acceptors (Lipinski definition) is 3. The molecule has 2 rings (SSSR count). The standard InChI is InChI=1S/C14H28N2O/c1-11(2)14(3,17)10-15-12-6-8-16-7-4-5-13(16)9-12/h11-13,15,17H,4-10H2,1-3H3. The summed E-state index contributed by atoms with van der Waals surface area (Å²) in [7, 11) is 0. The van der Waals surface area contributed by atoms with Crippen molar-refractivity contribution < 1.29 is 5.11 Å².